The number of rotatable bonds is 62. The Kier molecular flexibility index (Phi) is 76.8. The van der Waals surface area contributed by atoms with Crippen LogP contribution in [0.2, 0.25) is 0 Å². The molecule has 0 aliphatic heterocycles. The molecule has 0 unspecified atom stereocenters. The molecule has 0 atom stereocenters. The molecule has 0 N–H and O–H groups in total. The van der Waals surface area contributed by atoms with Gasteiger partial charge in [0.1, 0.15) is 0 Å². The van der Waals surface area contributed by atoms with Crippen LogP contribution in [0.5, 0.6) is 0 Å². The minimum atomic E-state index is -0.898. The summed E-state index contributed by atoms with van der Waals surface area (Å²) in [5.41, 5.74) is 0. The van der Waals surface area contributed by atoms with Gasteiger partial charge in [-0.2, -0.15) is 0 Å². The molecule has 0 aliphatic carbocycles. The van der Waals surface area contributed by atoms with Crippen molar-refractivity contribution in [1.29, 1.82) is 0 Å². The Hall–Kier alpha value is 0.200. The first-order valence-electron chi connectivity index (χ1n) is 32.9. The number of carboxylic acid groups (broad SMARTS) is 2. The second-order valence-corrected chi connectivity index (χ2v) is 22.8. The van der Waals surface area contributed by atoms with Crippen LogP contribution in [0.1, 0.15) is 412 Å². The normalized spacial score (nSPS) is 11.2. The van der Waals surface area contributed by atoms with Gasteiger partial charge in [-0.15, -0.1) is 0 Å². The number of hydrogen-bond donors (Lipinski definition) is 0. The van der Waals surface area contributed by atoms with Gasteiger partial charge in [0.25, 0.3) is 0 Å². The predicted molar refractivity (Wildman–Crippen MR) is 313 cm³/mol. The molecule has 0 saturated carbocycles. The van der Waals surface area contributed by atoms with E-state index < -0.39 is 11.9 Å². The van der Waals surface area contributed by atoms with E-state index in [9.17, 15) is 19.8 Å². The van der Waals surface area contributed by atoms with Crippen molar-refractivity contribution >= 4 is 49.7 Å². The van der Waals surface area contributed by atoms with Gasteiger partial charge in [-0.25, -0.2) is 0 Å². The van der Waals surface area contributed by atoms with Gasteiger partial charge in [0.2, 0.25) is 0 Å². The molecule has 4 nitrogen and oxygen atoms in total. The van der Waals surface area contributed by atoms with Crippen molar-refractivity contribution in [3.05, 3.63) is 0 Å². The van der Waals surface area contributed by atoms with E-state index in [-0.39, 0.29) is 50.6 Å². The molecule has 0 fully saturated rings. The molecule has 0 aliphatic rings. The number of carbonyl (C=O) groups excluding carboxylic acids is 2. The van der Waals surface area contributed by atoms with E-state index in [0.717, 1.165) is 25.7 Å². The van der Waals surface area contributed by atoms with E-state index in [1.165, 1.54) is 360 Å². The molecular formula is C66H130CaO4. The molecule has 0 saturated heterocycles. The molecule has 0 bridgehead atoms. The average Bonchev–Trinajstić information content (AvgIpc) is 3.35. The molecule has 0 aromatic carbocycles. The third-order valence-corrected chi connectivity index (χ3v) is 15.5. The Morgan fingerprint density at radius 3 is 0.352 bits per heavy atom. The monoisotopic (exact) mass is 1030 g/mol. The van der Waals surface area contributed by atoms with Crippen molar-refractivity contribution in [3.8, 4) is 0 Å². The van der Waals surface area contributed by atoms with E-state index in [1.807, 2.05) is 0 Å². The average molecular weight is 1030 g/mol. The van der Waals surface area contributed by atoms with Gasteiger partial charge in [-0.3, -0.25) is 0 Å². The minimum Gasteiger partial charge on any atom is -0.550 e. The van der Waals surface area contributed by atoms with Crippen molar-refractivity contribution in [2.75, 3.05) is 0 Å². The Morgan fingerprint density at radius 2 is 0.268 bits per heavy atom. The largest absolute Gasteiger partial charge is 2.00 e. The third kappa shape index (κ3) is 79.2. The maximum Gasteiger partial charge on any atom is 2.00 e. The van der Waals surface area contributed by atoms with Gasteiger partial charge in [0.05, 0.1) is 0 Å². The summed E-state index contributed by atoms with van der Waals surface area (Å²) in [4.78, 5) is 20.7. The van der Waals surface area contributed by atoms with E-state index in [2.05, 4.69) is 13.8 Å². The number of hydrogen-bond acceptors (Lipinski definition) is 4. The second-order valence-electron chi connectivity index (χ2n) is 22.8. The number of unbranched alkanes of at least 4 members (excludes halogenated alkanes) is 58. The topological polar surface area (TPSA) is 80.3 Å². The quantitative estimate of drug-likeness (QED) is 0.0449. The zero-order chi connectivity index (χ0) is 51.0. The zero-order valence-electron chi connectivity index (χ0n) is 49.2. The summed E-state index contributed by atoms with van der Waals surface area (Å²) >= 11 is 0. The summed E-state index contributed by atoms with van der Waals surface area (Å²) < 4.78 is 0. The number of carboxylic acids is 2. The van der Waals surface area contributed by atoms with Gasteiger partial charge in [0, 0.05) is 11.9 Å². The molecule has 5 heteroatoms. The Bertz CT molecular complexity index is 867. The van der Waals surface area contributed by atoms with Crippen LogP contribution >= 0.6 is 0 Å². The van der Waals surface area contributed by atoms with Crippen LogP contribution in [-0.2, 0) is 9.59 Å². The molecule has 0 rings (SSSR count). The Balaban J connectivity index is -0.00000128. The first-order chi connectivity index (χ1) is 34.5. The van der Waals surface area contributed by atoms with Crippen molar-refractivity contribution in [2.24, 2.45) is 0 Å². The van der Waals surface area contributed by atoms with Gasteiger partial charge < -0.3 is 19.8 Å². The van der Waals surface area contributed by atoms with E-state index in [0.29, 0.717) is 0 Å². The molecule has 0 radical (unpaired) electrons. The van der Waals surface area contributed by atoms with Crippen LogP contribution in [-0.4, -0.2) is 49.7 Å². The van der Waals surface area contributed by atoms with Crippen LogP contribution in [0.15, 0.2) is 0 Å². The maximum atomic E-state index is 10.3. The van der Waals surface area contributed by atoms with E-state index in [4.69, 9.17) is 0 Å². The zero-order valence-corrected chi connectivity index (χ0v) is 51.4. The molecule has 0 amide bonds. The number of carbonyl (C=O) groups is 2. The minimum absolute atomic E-state index is 0. The summed E-state index contributed by atoms with van der Waals surface area (Å²) in [6, 6.07) is 0. The molecular weight excluding hydrogens is 897 g/mol. The first kappa shape index (κ1) is 75.4. The van der Waals surface area contributed by atoms with Crippen molar-refractivity contribution in [1.82, 2.24) is 0 Å². The molecule has 0 heterocycles. The van der Waals surface area contributed by atoms with Gasteiger partial charge in [0.15, 0.2) is 0 Å². The SMILES string of the molecule is CCCCCCCCCCCCCCCCCCCCCCCCCCCCCCCCC(=O)[O-].CCCCCCCCCCCCCCCCCCCCCCCCCCCCCCCCC(=O)[O-].[Ca+2]. The standard InChI is InChI=1S/2C33H66O2.Ca/c2*1-2-3-4-5-6-7-8-9-10-11-12-13-14-15-16-17-18-19-20-21-22-23-24-25-26-27-28-29-30-31-32-33(34)35;/h2*2-32H2,1H3,(H,34,35);/q;;+2/p-2. The smallest absolute Gasteiger partial charge is 0.550 e. The fourth-order valence-electron chi connectivity index (χ4n) is 10.6. The fourth-order valence-corrected chi connectivity index (χ4v) is 10.6. The summed E-state index contributed by atoms with van der Waals surface area (Å²) in [6.45, 7) is 4.60. The van der Waals surface area contributed by atoms with Gasteiger partial charge in [-0.05, 0) is 25.7 Å². The van der Waals surface area contributed by atoms with E-state index in [1.54, 1.807) is 0 Å². The summed E-state index contributed by atoms with van der Waals surface area (Å²) in [5, 5.41) is 20.7. The van der Waals surface area contributed by atoms with Gasteiger partial charge >= 0.3 is 37.7 Å². The van der Waals surface area contributed by atoms with E-state index >= 15 is 0 Å². The van der Waals surface area contributed by atoms with Crippen LogP contribution in [0.25, 0.3) is 0 Å². The van der Waals surface area contributed by atoms with Crippen LogP contribution in [0, 0.1) is 0 Å². The molecule has 0 spiro atoms. The van der Waals surface area contributed by atoms with Crippen LogP contribution < -0.4 is 10.2 Å². The van der Waals surface area contributed by atoms with Crippen LogP contribution in [0.3, 0.4) is 0 Å². The second kappa shape index (κ2) is 72.3. The van der Waals surface area contributed by atoms with Crippen molar-refractivity contribution in [3.63, 3.8) is 0 Å². The first-order valence-corrected chi connectivity index (χ1v) is 32.9. The number of aliphatic carboxylic acids is 2. The van der Waals surface area contributed by atoms with Crippen molar-refractivity contribution < 1.29 is 19.8 Å². The molecule has 420 valence electrons. The summed E-state index contributed by atoms with van der Waals surface area (Å²) in [5.74, 6) is -1.80. The molecule has 71 heavy (non-hydrogen) atoms. The summed E-state index contributed by atoms with van der Waals surface area (Å²) in [6.07, 6.45) is 84.1. The summed E-state index contributed by atoms with van der Waals surface area (Å²) in [7, 11) is 0. The predicted octanol–water partition coefficient (Wildman–Crippen LogP) is 21.3. The molecule has 0 aromatic rings. The molecule has 0 aromatic heterocycles. The Labute approximate surface area is 477 Å². The fraction of sp³-hybridized carbons (Fsp3) is 0.970. The van der Waals surface area contributed by atoms with Gasteiger partial charge in [-0.1, -0.05) is 386 Å². The Morgan fingerprint density at radius 1 is 0.183 bits per heavy atom. The van der Waals surface area contributed by atoms with Crippen molar-refractivity contribution in [2.45, 2.75) is 412 Å². The maximum absolute atomic E-state index is 10.3. The third-order valence-electron chi connectivity index (χ3n) is 15.5. The van der Waals surface area contributed by atoms with Crippen LogP contribution in [0.4, 0.5) is 0 Å².